The topological polar surface area (TPSA) is 74.8 Å². The summed E-state index contributed by atoms with van der Waals surface area (Å²) in [5.74, 6) is 0.196. The smallest absolute Gasteiger partial charge is 0.317 e. The zero-order valence-electron chi connectivity index (χ0n) is 14.7. The first-order chi connectivity index (χ1) is 13.1. The van der Waals surface area contributed by atoms with Gasteiger partial charge >= 0.3 is 5.97 Å². The van der Waals surface area contributed by atoms with Crippen LogP contribution in [0.1, 0.15) is 5.69 Å². The molecule has 2 aliphatic rings. The fourth-order valence-corrected chi connectivity index (χ4v) is 3.37. The van der Waals surface area contributed by atoms with Gasteiger partial charge < -0.3 is 19.9 Å². The number of nitrogens with one attached hydrogen (secondary N) is 1. The number of aromatic nitrogens is 1. The summed E-state index contributed by atoms with van der Waals surface area (Å²) < 4.78 is 5.08. The Morgan fingerprint density at radius 2 is 1.93 bits per heavy atom. The molecule has 1 aromatic heterocycles. The van der Waals surface area contributed by atoms with E-state index in [1.165, 1.54) is 0 Å². The van der Waals surface area contributed by atoms with Crippen molar-refractivity contribution in [2.24, 2.45) is 0 Å². The lowest BCUT2D eigenvalue weighted by Gasteiger charge is -2.36. The molecule has 8 heteroatoms. The molecule has 0 saturated carbocycles. The number of pyridine rings is 1. The molecule has 0 atom stereocenters. The first-order valence-corrected chi connectivity index (χ1v) is 9.18. The van der Waals surface area contributed by atoms with Crippen molar-refractivity contribution >= 4 is 34.9 Å². The van der Waals surface area contributed by atoms with Crippen LogP contribution in [0.5, 0.6) is 5.75 Å². The minimum atomic E-state index is -0.302. The standard InChI is InChI=1S/C19H19ClN4O3/c20-13-1-3-15(4-2-13)23-5-7-24(8-6-23)18(25)12-21-14-9-17-16(22-11-14)10-19(26)27-17/h1-4,9,11,21H,5-8,10,12H2. The van der Waals surface area contributed by atoms with Gasteiger partial charge in [-0.05, 0) is 24.3 Å². The van der Waals surface area contributed by atoms with Gasteiger partial charge in [0.2, 0.25) is 5.91 Å². The van der Waals surface area contributed by atoms with Crippen LogP contribution in [0.2, 0.25) is 5.02 Å². The molecule has 1 amide bonds. The summed E-state index contributed by atoms with van der Waals surface area (Å²) in [5, 5.41) is 3.78. The van der Waals surface area contributed by atoms with Crippen LogP contribution in [-0.2, 0) is 16.0 Å². The highest BCUT2D eigenvalue weighted by Gasteiger charge is 2.23. The number of anilines is 2. The number of fused-ring (bicyclic) bond motifs is 1. The highest BCUT2D eigenvalue weighted by atomic mass is 35.5. The second kappa shape index (κ2) is 7.44. The second-order valence-corrected chi connectivity index (χ2v) is 6.95. The van der Waals surface area contributed by atoms with Gasteiger partial charge in [-0.15, -0.1) is 0 Å². The highest BCUT2D eigenvalue weighted by Crippen LogP contribution is 2.26. The van der Waals surface area contributed by atoms with Crippen molar-refractivity contribution in [3.05, 3.63) is 47.2 Å². The molecule has 1 fully saturated rings. The van der Waals surface area contributed by atoms with Gasteiger partial charge in [-0.1, -0.05) is 11.6 Å². The summed E-state index contributed by atoms with van der Waals surface area (Å²) in [6.07, 6.45) is 1.82. The molecule has 1 aromatic carbocycles. The first-order valence-electron chi connectivity index (χ1n) is 8.80. The quantitative estimate of drug-likeness (QED) is 0.810. The van der Waals surface area contributed by atoms with E-state index in [9.17, 15) is 9.59 Å². The molecule has 3 heterocycles. The molecular formula is C19H19ClN4O3. The van der Waals surface area contributed by atoms with Crippen molar-refractivity contribution in [3.63, 3.8) is 0 Å². The molecule has 0 radical (unpaired) electrons. The molecule has 140 valence electrons. The van der Waals surface area contributed by atoms with Gasteiger partial charge in [0.1, 0.15) is 0 Å². The Labute approximate surface area is 161 Å². The summed E-state index contributed by atoms with van der Waals surface area (Å²) in [4.78, 5) is 32.0. The Morgan fingerprint density at radius 1 is 1.19 bits per heavy atom. The van der Waals surface area contributed by atoms with E-state index < -0.39 is 0 Å². The number of hydrogen-bond acceptors (Lipinski definition) is 6. The third kappa shape index (κ3) is 3.98. The minimum Gasteiger partial charge on any atom is -0.424 e. The normalized spacial score (nSPS) is 16.1. The van der Waals surface area contributed by atoms with Crippen LogP contribution in [-0.4, -0.2) is 54.5 Å². The third-order valence-corrected chi connectivity index (χ3v) is 4.99. The van der Waals surface area contributed by atoms with Gasteiger partial charge in [-0.25, -0.2) is 0 Å². The van der Waals surface area contributed by atoms with Crippen LogP contribution >= 0.6 is 11.6 Å². The molecular weight excluding hydrogens is 368 g/mol. The van der Waals surface area contributed by atoms with E-state index >= 15 is 0 Å². The monoisotopic (exact) mass is 386 g/mol. The lowest BCUT2D eigenvalue weighted by Crippen LogP contribution is -2.50. The van der Waals surface area contributed by atoms with Crippen LogP contribution < -0.4 is 15.0 Å². The van der Waals surface area contributed by atoms with Crippen molar-refractivity contribution in [2.45, 2.75) is 6.42 Å². The average Bonchev–Trinajstić information content (AvgIpc) is 3.06. The van der Waals surface area contributed by atoms with Crippen molar-refractivity contribution in [1.29, 1.82) is 0 Å². The van der Waals surface area contributed by atoms with Gasteiger partial charge in [0, 0.05) is 43.0 Å². The van der Waals surface area contributed by atoms with Crippen LogP contribution in [0, 0.1) is 0 Å². The van der Waals surface area contributed by atoms with E-state index in [1.54, 1.807) is 12.3 Å². The molecule has 0 aliphatic carbocycles. The maximum atomic E-state index is 12.5. The number of ether oxygens (including phenoxy) is 1. The Morgan fingerprint density at radius 3 is 2.67 bits per heavy atom. The summed E-state index contributed by atoms with van der Waals surface area (Å²) in [6.45, 7) is 3.08. The van der Waals surface area contributed by atoms with Crippen molar-refractivity contribution in [3.8, 4) is 5.75 Å². The van der Waals surface area contributed by atoms with E-state index in [2.05, 4.69) is 15.2 Å². The molecule has 1 N–H and O–H groups in total. The maximum absolute atomic E-state index is 12.5. The number of nitrogens with zero attached hydrogens (tertiary/aromatic N) is 3. The SMILES string of the molecule is O=C1Cc2ncc(NCC(=O)N3CCN(c4ccc(Cl)cc4)CC3)cc2O1. The Hall–Kier alpha value is -2.80. The highest BCUT2D eigenvalue weighted by molar-refractivity contribution is 6.30. The van der Waals surface area contributed by atoms with Crippen molar-refractivity contribution in [2.75, 3.05) is 42.9 Å². The van der Waals surface area contributed by atoms with E-state index in [0.717, 1.165) is 23.8 Å². The lowest BCUT2D eigenvalue weighted by atomic mass is 10.2. The summed E-state index contributed by atoms with van der Waals surface area (Å²) >= 11 is 5.93. The minimum absolute atomic E-state index is 0.0308. The summed E-state index contributed by atoms with van der Waals surface area (Å²) in [7, 11) is 0. The van der Waals surface area contributed by atoms with Crippen molar-refractivity contribution in [1.82, 2.24) is 9.88 Å². The Bertz CT molecular complexity index is 864. The van der Waals surface area contributed by atoms with E-state index in [-0.39, 0.29) is 24.8 Å². The Balaban J connectivity index is 1.28. The van der Waals surface area contributed by atoms with Crippen LogP contribution in [0.3, 0.4) is 0 Å². The molecule has 2 aromatic rings. The van der Waals surface area contributed by atoms with Crippen molar-refractivity contribution < 1.29 is 14.3 Å². The van der Waals surface area contributed by atoms with Crippen LogP contribution in [0.4, 0.5) is 11.4 Å². The molecule has 7 nitrogen and oxygen atoms in total. The number of hydrogen-bond donors (Lipinski definition) is 1. The fraction of sp³-hybridized carbons (Fsp3) is 0.316. The van der Waals surface area contributed by atoms with E-state index in [0.29, 0.717) is 30.2 Å². The van der Waals surface area contributed by atoms with E-state index in [4.69, 9.17) is 16.3 Å². The number of carbonyl (C=O) groups is 2. The molecule has 0 unspecified atom stereocenters. The molecule has 2 aliphatic heterocycles. The fourth-order valence-electron chi connectivity index (χ4n) is 3.24. The van der Waals surface area contributed by atoms with Gasteiger partial charge in [-0.3, -0.25) is 14.6 Å². The number of carbonyl (C=O) groups excluding carboxylic acids is 2. The maximum Gasteiger partial charge on any atom is 0.317 e. The zero-order valence-corrected chi connectivity index (χ0v) is 15.4. The van der Waals surface area contributed by atoms with Crippen LogP contribution in [0.25, 0.3) is 0 Å². The van der Waals surface area contributed by atoms with Gasteiger partial charge in [0.15, 0.2) is 5.75 Å². The Kier molecular flexibility index (Phi) is 4.85. The number of halogens is 1. The molecule has 4 rings (SSSR count). The van der Waals surface area contributed by atoms with Crippen LogP contribution in [0.15, 0.2) is 36.5 Å². The summed E-state index contributed by atoms with van der Waals surface area (Å²) in [5.41, 5.74) is 2.41. The largest absolute Gasteiger partial charge is 0.424 e. The number of piperazine rings is 1. The number of rotatable bonds is 4. The third-order valence-electron chi connectivity index (χ3n) is 4.73. The second-order valence-electron chi connectivity index (χ2n) is 6.52. The number of amides is 1. The zero-order chi connectivity index (χ0) is 18.8. The summed E-state index contributed by atoms with van der Waals surface area (Å²) in [6, 6.07) is 9.45. The number of benzene rings is 1. The molecule has 1 saturated heterocycles. The molecule has 0 bridgehead atoms. The van der Waals surface area contributed by atoms with E-state index in [1.807, 2.05) is 29.2 Å². The first kappa shape index (κ1) is 17.6. The predicted octanol–water partition coefficient (Wildman–Crippen LogP) is 1.96. The lowest BCUT2D eigenvalue weighted by molar-refractivity contribution is -0.132. The average molecular weight is 387 g/mol. The molecule has 0 spiro atoms. The predicted molar refractivity (Wildman–Crippen MR) is 102 cm³/mol. The molecule has 27 heavy (non-hydrogen) atoms. The van der Waals surface area contributed by atoms with Gasteiger partial charge in [0.05, 0.1) is 30.5 Å². The van der Waals surface area contributed by atoms with Gasteiger partial charge in [-0.2, -0.15) is 0 Å². The van der Waals surface area contributed by atoms with Gasteiger partial charge in [0.25, 0.3) is 0 Å². The number of esters is 1.